The number of hydrogen-bond donors (Lipinski definition) is 1. The lowest BCUT2D eigenvalue weighted by Crippen LogP contribution is -2.55. The Balaban J connectivity index is 1.27. The molecule has 2 N–H and O–H groups in total. The van der Waals surface area contributed by atoms with E-state index in [9.17, 15) is 0 Å². The second-order valence-corrected chi connectivity index (χ2v) is 13.4. The average molecular weight is 430 g/mol. The fourth-order valence-corrected chi connectivity index (χ4v) is 10.6. The van der Waals surface area contributed by atoms with Gasteiger partial charge in [-0.3, -0.25) is 0 Å². The lowest BCUT2D eigenvalue weighted by Gasteiger charge is -2.61. The van der Waals surface area contributed by atoms with E-state index in [0.29, 0.717) is 40.7 Å². The normalized spacial score (nSPS) is 60.9. The standard InChI is InChI=1S/C28H47NO2/c1-5-21-25-24(31-28(21)13-8-17(2)16-30-28)15-23-20-7-6-18-14-19(29)9-11-26(18,3)22(20)10-12-27(23,25)4/h17-25H,5-16,29H2,1-4H3/t17-,18+,19+,20+,21-,22-,23-,24-,25-,26-,27-,28+/m0/s1. The smallest absolute Gasteiger partial charge is 0.171 e. The van der Waals surface area contributed by atoms with E-state index in [1.54, 1.807) is 0 Å². The van der Waals surface area contributed by atoms with Gasteiger partial charge < -0.3 is 15.2 Å². The summed E-state index contributed by atoms with van der Waals surface area (Å²) in [5.74, 6) is 5.32. The van der Waals surface area contributed by atoms with Gasteiger partial charge in [0.1, 0.15) is 0 Å². The largest absolute Gasteiger partial charge is 0.349 e. The lowest BCUT2D eigenvalue weighted by atomic mass is 9.44. The van der Waals surface area contributed by atoms with Crippen molar-refractivity contribution in [1.29, 1.82) is 0 Å². The molecule has 0 amide bonds. The zero-order valence-corrected chi connectivity index (χ0v) is 20.6. The second-order valence-electron chi connectivity index (χ2n) is 13.4. The van der Waals surface area contributed by atoms with E-state index in [2.05, 4.69) is 27.7 Å². The van der Waals surface area contributed by atoms with Crippen molar-refractivity contribution in [2.75, 3.05) is 6.61 Å². The number of rotatable bonds is 1. The fourth-order valence-electron chi connectivity index (χ4n) is 10.6. The third kappa shape index (κ3) is 2.88. The minimum atomic E-state index is -0.259. The van der Waals surface area contributed by atoms with Crippen LogP contribution in [0.25, 0.3) is 0 Å². The molecule has 0 bridgehead atoms. The molecule has 4 aliphatic carbocycles. The fraction of sp³-hybridized carbons (Fsp3) is 1.00. The molecule has 2 aliphatic heterocycles. The zero-order valence-electron chi connectivity index (χ0n) is 20.6. The third-order valence-corrected chi connectivity index (χ3v) is 12.2. The first-order valence-corrected chi connectivity index (χ1v) is 13.9. The van der Waals surface area contributed by atoms with Gasteiger partial charge in [0, 0.05) is 18.4 Å². The van der Waals surface area contributed by atoms with Gasteiger partial charge in [-0.05, 0) is 111 Å². The first-order chi connectivity index (χ1) is 14.8. The van der Waals surface area contributed by atoms with Crippen molar-refractivity contribution in [3.63, 3.8) is 0 Å². The van der Waals surface area contributed by atoms with Crippen molar-refractivity contribution in [2.24, 2.45) is 58.0 Å². The van der Waals surface area contributed by atoms with Gasteiger partial charge in [0.05, 0.1) is 12.7 Å². The highest BCUT2D eigenvalue weighted by molar-refractivity contribution is 5.15. The lowest BCUT2D eigenvalue weighted by molar-refractivity contribution is -0.275. The molecule has 2 heterocycles. The molecular weight excluding hydrogens is 382 g/mol. The van der Waals surface area contributed by atoms with Crippen molar-refractivity contribution < 1.29 is 9.47 Å². The summed E-state index contributed by atoms with van der Waals surface area (Å²) in [5.41, 5.74) is 7.42. The van der Waals surface area contributed by atoms with E-state index in [1.165, 1.54) is 64.2 Å². The highest BCUT2D eigenvalue weighted by atomic mass is 16.7. The van der Waals surface area contributed by atoms with Gasteiger partial charge in [-0.1, -0.05) is 27.7 Å². The van der Waals surface area contributed by atoms with Crippen molar-refractivity contribution in [2.45, 2.75) is 116 Å². The van der Waals surface area contributed by atoms with Gasteiger partial charge in [0.15, 0.2) is 5.79 Å². The SMILES string of the molecule is CC[C@H]1[C@H]2[C@H](C[C@H]3[C@@H]4CC[C@@H]5C[C@H](N)CC[C@]5(C)[C@H]4CC[C@]23C)O[C@]12CC[C@H](C)CO2. The molecule has 3 heteroatoms. The molecule has 4 saturated carbocycles. The molecule has 0 aromatic heterocycles. The summed E-state index contributed by atoms with van der Waals surface area (Å²) in [4.78, 5) is 0. The molecule has 0 unspecified atom stereocenters. The summed E-state index contributed by atoms with van der Waals surface area (Å²) in [6, 6.07) is 0.461. The molecule has 6 rings (SSSR count). The Hall–Kier alpha value is -0.120. The number of hydrogen-bond acceptors (Lipinski definition) is 3. The van der Waals surface area contributed by atoms with E-state index in [-0.39, 0.29) is 5.79 Å². The first-order valence-electron chi connectivity index (χ1n) is 13.9. The Labute approximate surface area is 190 Å². The van der Waals surface area contributed by atoms with E-state index < -0.39 is 0 Å². The molecule has 6 aliphatic rings. The summed E-state index contributed by atoms with van der Waals surface area (Å²) in [5, 5.41) is 0. The molecule has 176 valence electrons. The zero-order chi connectivity index (χ0) is 21.6. The third-order valence-electron chi connectivity index (χ3n) is 12.2. The van der Waals surface area contributed by atoms with Gasteiger partial charge in [0.25, 0.3) is 0 Å². The van der Waals surface area contributed by atoms with E-state index >= 15 is 0 Å². The number of nitrogens with two attached hydrogens (primary N) is 1. The summed E-state index contributed by atoms with van der Waals surface area (Å²) < 4.78 is 13.6. The van der Waals surface area contributed by atoms with E-state index in [1.807, 2.05) is 0 Å². The van der Waals surface area contributed by atoms with Crippen LogP contribution >= 0.6 is 0 Å². The maximum absolute atomic E-state index is 7.01. The minimum absolute atomic E-state index is 0.259. The molecule has 0 aromatic rings. The summed E-state index contributed by atoms with van der Waals surface area (Å²) in [7, 11) is 0. The van der Waals surface area contributed by atoms with Crippen LogP contribution < -0.4 is 5.73 Å². The topological polar surface area (TPSA) is 44.5 Å². The molecule has 0 aromatic carbocycles. The Morgan fingerprint density at radius 1 is 0.903 bits per heavy atom. The van der Waals surface area contributed by atoms with Gasteiger partial charge in [-0.25, -0.2) is 0 Å². The first kappa shape index (κ1) is 21.4. The van der Waals surface area contributed by atoms with Gasteiger partial charge >= 0.3 is 0 Å². The van der Waals surface area contributed by atoms with Crippen LogP contribution in [0, 0.1) is 52.3 Å². The Bertz CT molecular complexity index is 701. The summed E-state index contributed by atoms with van der Waals surface area (Å²) in [6.45, 7) is 11.0. The number of fused-ring (bicyclic) bond motifs is 7. The minimum Gasteiger partial charge on any atom is -0.349 e. The maximum Gasteiger partial charge on any atom is 0.171 e. The Morgan fingerprint density at radius 2 is 1.71 bits per heavy atom. The molecule has 0 radical (unpaired) electrons. The van der Waals surface area contributed by atoms with Gasteiger partial charge in [0.2, 0.25) is 0 Å². The molecule has 31 heavy (non-hydrogen) atoms. The van der Waals surface area contributed by atoms with Crippen LogP contribution in [0.4, 0.5) is 0 Å². The van der Waals surface area contributed by atoms with Crippen LogP contribution in [0.2, 0.25) is 0 Å². The molecule has 12 atom stereocenters. The quantitative estimate of drug-likeness (QED) is 0.543. The van der Waals surface area contributed by atoms with Crippen molar-refractivity contribution >= 4 is 0 Å². The highest BCUT2D eigenvalue weighted by Crippen LogP contribution is 2.71. The predicted octanol–water partition coefficient (Wildman–Crippen LogP) is 6.15. The van der Waals surface area contributed by atoms with Crippen molar-refractivity contribution in [1.82, 2.24) is 0 Å². The molecular formula is C28H47NO2. The highest BCUT2D eigenvalue weighted by Gasteiger charge is 2.69. The summed E-state index contributed by atoms with van der Waals surface area (Å²) >= 11 is 0. The van der Waals surface area contributed by atoms with Crippen LogP contribution in [0.1, 0.15) is 98.3 Å². The molecule has 6 fully saturated rings. The van der Waals surface area contributed by atoms with Crippen LogP contribution in [0.5, 0.6) is 0 Å². The maximum atomic E-state index is 7.01. The van der Waals surface area contributed by atoms with E-state index in [0.717, 1.165) is 36.7 Å². The van der Waals surface area contributed by atoms with Crippen LogP contribution in [-0.2, 0) is 9.47 Å². The van der Waals surface area contributed by atoms with E-state index in [4.69, 9.17) is 15.2 Å². The monoisotopic (exact) mass is 429 g/mol. The van der Waals surface area contributed by atoms with Crippen molar-refractivity contribution in [3.05, 3.63) is 0 Å². The van der Waals surface area contributed by atoms with Crippen LogP contribution in [-0.4, -0.2) is 24.5 Å². The second kappa shape index (κ2) is 7.19. The number of ether oxygens (including phenoxy) is 2. The van der Waals surface area contributed by atoms with Crippen LogP contribution in [0.15, 0.2) is 0 Å². The van der Waals surface area contributed by atoms with Crippen molar-refractivity contribution in [3.8, 4) is 0 Å². The Kier molecular flexibility index (Phi) is 4.97. The van der Waals surface area contributed by atoms with Gasteiger partial charge in [-0.15, -0.1) is 0 Å². The molecule has 3 nitrogen and oxygen atoms in total. The molecule has 1 spiro atoms. The molecule has 2 saturated heterocycles. The Morgan fingerprint density at radius 3 is 2.45 bits per heavy atom. The summed E-state index contributed by atoms with van der Waals surface area (Å²) in [6.07, 6.45) is 15.0. The van der Waals surface area contributed by atoms with Crippen LogP contribution in [0.3, 0.4) is 0 Å². The van der Waals surface area contributed by atoms with Gasteiger partial charge in [-0.2, -0.15) is 0 Å². The predicted molar refractivity (Wildman–Crippen MR) is 124 cm³/mol. The average Bonchev–Trinajstić information content (AvgIpc) is 3.21.